The van der Waals surface area contributed by atoms with Gasteiger partial charge in [0, 0.05) is 43.2 Å². The normalized spacial score (nSPS) is 18.4. The summed E-state index contributed by atoms with van der Waals surface area (Å²) in [5, 5.41) is 6.22. The van der Waals surface area contributed by atoms with Crippen LogP contribution in [0.3, 0.4) is 0 Å². The van der Waals surface area contributed by atoms with E-state index in [9.17, 15) is 13.6 Å². The number of halogens is 2. The highest BCUT2D eigenvalue weighted by molar-refractivity contribution is 7.15. The van der Waals surface area contributed by atoms with E-state index < -0.39 is 5.92 Å². The Morgan fingerprint density at radius 1 is 1.31 bits per heavy atom. The minimum atomic E-state index is -2.66. The van der Waals surface area contributed by atoms with Gasteiger partial charge in [-0.3, -0.25) is 14.2 Å². The number of fused-ring (bicyclic) bond motifs is 1. The molecule has 2 aliphatic rings. The Bertz CT molecular complexity index is 1350. The van der Waals surface area contributed by atoms with Gasteiger partial charge in [-0.05, 0) is 44.0 Å². The van der Waals surface area contributed by atoms with Gasteiger partial charge in [0.15, 0.2) is 5.65 Å². The third kappa shape index (κ3) is 4.86. The molecule has 5 heterocycles. The molecule has 1 unspecified atom stereocenters. The monoisotopic (exact) mass is 512 g/mol. The van der Waals surface area contributed by atoms with E-state index in [1.807, 2.05) is 41.5 Å². The molecule has 1 amide bonds. The predicted octanol–water partition coefficient (Wildman–Crippen LogP) is 5.02. The van der Waals surface area contributed by atoms with Crippen molar-refractivity contribution in [2.75, 3.05) is 24.5 Å². The van der Waals surface area contributed by atoms with Gasteiger partial charge in [-0.15, -0.1) is 11.3 Å². The first-order valence-corrected chi connectivity index (χ1v) is 13.1. The van der Waals surface area contributed by atoms with Crippen LogP contribution < -0.4 is 15.5 Å². The maximum Gasteiger partial charge on any atom is 0.253 e. The molecule has 3 aromatic heterocycles. The molecule has 0 bridgehead atoms. The summed E-state index contributed by atoms with van der Waals surface area (Å²) in [6.07, 6.45) is 5.99. The number of amides is 1. The number of hydrogen-bond donors (Lipinski definition) is 2. The number of aliphatic imine (C=N–C) groups is 1. The quantitative estimate of drug-likeness (QED) is 0.486. The number of alkyl halides is 2. The van der Waals surface area contributed by atoms with Crippen molar-refractivity contribution in [2.45, 2.75) is 52.0 Å². The second-order valence-corrected chi connectivity index (χ2v) is 10.7. The van der Waals surface area contributed by atoms with Crippen molar-refractivity contribution in [3.8, 4) is 10.6 Å². The number of imidazole rings is 1. The highest BCUT2D eigenvalue weighted by Crippen LogP contribution is 2.35. The van der Waals surface area contributed by atoms with E-state index in [0.29, 0.717) is 29.3 Å². The van der Waals surface area contributed by atoms with Gasteiger partial charge in [0.05, 0.1) is 40.6 Å². The lowest BCUT2D eigenvalue weighted by molar-refractivity contribution is -0.0220. The zero-order valence-corrected chi connectivity index (χ0v) is 21.5. The molecule has 1 saturated heterocycles. The summed E-state index contributed by atoms with van der Waals surface area (Å²) in [5.41, 5.74) is 3.85. The third-order valence-corrected chi connectivity index (χ3v) is 7.79. The average Bonchev–Trinajstić information content (AvgIpc) is 3.49. The number of piperidine rings is 1. The fraction of sp³-hybridized carbons (Fsp3) is 0.423. The Hall–Kier alpha value is -3.27. The number of nitrogens with zero attached hydrogens (tertiary/aromatic N) is 4. The van der Waals surface area contributed by atoms with Crippen molar-refractivity contribution in [2.24, 2.45) is 4.99 Å². The number of pyridine rings is 1. The van der Waals surface area contributed by atoms with E-state index >= 15 is 0 Å². The van der Waals surface area contributed by atoms with Crippen molar-refractivity contribution in [1.82, 2.24) is 20.0 Å². The molecule has 1 atom stereocenters. The van der Waals surface area contributed by atoms with Gasteiger partial charge in [-0.25, -0.2) is 13.8 Å². The molecule has 1 fully saturated rings. The number of anilines is 1. The van der Waals surface area contributed by atoms with E-state index in [-0.39, 0.29) is 37.9 Å². The molecular formula is C26H30F2N6OS. The summed E-state index contributed by atoms with van der Waals surface area (Å²) in [6.45, 7) is 7.04. The second kappa shape index (κ2) is 9.65. The van der Waals surface area contributed by atoms with Crippen LogP contribution in [0.2, 0.25) is 0 Å². The SMILES string of the molecule is CCC1=CNC(C(C)NC(=O)c2cc(N3CCC(F)(F)CC3)c3ncc(-c4ccc(C)s4)n3c2)=NC1. The first-order chi connectivity index (χ1) is 17.2. The summed E-state index contributed by atoms with van der Waals surface area (Å²) < 4.78 is 29.7. The van der Waals surface area contributed by atoms with Crippen molar-refractivity contribution in [1.29, 1.82) is 0 Å². The lowest BCUT2D eigenvalue weighted by Crippen LogP contribution is -2.45. The van der Waals surface area contributed by atoms with Crippen LogP contribution >= 0.6 is 11.3 Å². The lowest BCUT2D eigenvalue weighted by Gasteiger charge is -2.33. The van der Waals surface area contributed by atoms with Gasteiger partial charge in [0.1, 0.15) is 5.84 Å². The molecule has 10 heteroatoms. The van der Waals surface area contributed by atoms with Crippen molar-refractivity contribution >= 4 is 34.4 Å². The topological polar surface area (TPSA) is 74.0 Å². The minimum Gasteiger partial charge on any atom is -0.368 e. The summed E-state index contributed by atoms with van der Waals surface area (Å²) >= 11 is 1.64. The maximum atomic E-state index is 13.9. The van der Waals surface area contributed by atoms with Gasteiger partial charge < -0.3 is 15.5 Å². The molecule has 0 radical (unpaired) electrons. The number of aromatic nitrogens is 2. The Kier molecular flexibility index (Phi) is 6.55. The molecule has 0 saturated carbocycles. The zero-order chi connectivity index (χ0) is 25.4. The van der Waals surface area contributed by atoms with Gasteiger partial charge in [0.25, 0.3) is 11.8 Å². The van der Waals surface area contributed by atoms with Crippen LogP contribution in [0.5, 0.6) is 0 Å². The number of carbonyl (C=O) groups excluding carboxylic acids is 1. The van der Waals surface area contributed by atoms with Gasteiger partial charge in [-0.1, -0.05) is 6.92 Å². The molecule has 0 aliphatic carbocycles. The van der Waals surface area contributed by atoms with Crippen LogP contribution in [0.25, 0.3) is 16.2 Å². The van der Waals surface area contributed by atoms with E-state index in [1.165, 1.54) is 10.5 Å². The Morgan fingerprint density at radius 2 is 2.08 bits per heavy atom. The van der Waals surface area contributed by atoms with Gasteiger partial charge in [-0.2, -0.15) is 0 Å². The highest BCUT2D eigenvalue weighted by atomic mass is 32.1. The minimum absolute atomic E-state index is 0.206. The number of carbonyl (C=O) groups is 1. The Balaban J connectivity index is 1.48. The smallest absolute Gasteiger partial charge is 0.253 e. The molecule has 190 valence electrons. The predicted molar refractivity (Wildman–Crippen MR) is 140 cm³/mol. The lowest BCUT2D eigenvalue weighted by atomic mass is 10.1. The summed E-state index contributed by atoms with van der Waals surface area (Å²) in [7, 11) is 0. The van der Waals surface area contributed by atoms with Crippen molar-refractivity contribution < 1.29 is 13.6 Å². The van der Waals surface area contributed by atoms with Crippen LogP contribution in [-0.2, 0) is 0 Å². The van der Waals surface area contributed by atoms with Crippen LogP contribution in [0.1, 0.15) is 48.3 Å². The van der Waals surface area contributed by atoms with E-state index in [4.69, 9.17) is 0 Å². The van der Waals surface area contributed by atoms with Gasteiger partial charge in [0.2, 0.25) is 0 Å². The largest absolute Gasteiger partial charge is 0.368 e. The third-order valence-electron chi connectivity index (χ3n) is 6.77. The van der Waals surface area contributed by atoms with E-state index in [1.54, 1.807) is 29.8 Å². The fourth-order valence-corrected chi connectivity index (χ4v) is 5.41. The number of amidine groups is 1. The summed E-state index contributed by atoms with van der Waals surface area (Å²) in [4.78, 5) is 26.7. The molecule has 2 N–H and O–H groups in total. The maximum absolute atomic E-state index is 13.9. The Morgan fingerprint density at radius 3 is 2.72 bits per heavy atom. The van der Waals surface area contributed by atoms with E-state index in [2.05, 4.69) is 27.5 Å². The second-order valence-electron chi connectivity index (χ2n) is 9.40. The van der Waals surface area contributed by atoms with Gasteiger partial charge >= 0.3 is 0 Å². The fourth-order valence-electron chi connectivity index (χ4n) is 4.53. The Labute approximate surface area is 212 Å². The summed E-state index contributed by atoms with van der Waals surface area (Å²) in [5.74, 6) is -2.21. The van der Waals surface area contributed by atoms with Crippen LogP contribution in [-0.4, -0.2) is 52.7 Å². The molecular weight excluding hydrogens is 482 g/mol. The highest BCUT2D eigenvalue weighted by Gasteiger charge is 2.35. The number of thiophene rings is 1. The molecule has 5 rings (SSSR count). The molecule has 0 aromatic carbocycles. The number of hydrogen-bond acceptors (Lipinski definition) is 6. The number of aryl methyl sites for hydroxylation is 1. The van der Waals surface area contributed by atoms with Crippen molar-refractivity contribution in [3.05, 3.63) is 52.8 Å². The van der Waals surface area contributed by atoms with Crippen LogP contribution in [0.15, 0.2) is 47.4 Å². The average molecular weight is 513 g/mol. The van der Waals surface area contributed by atoms with Crippen molar-refractivity contribution in [3.63, 3.8) is 0 Å². The zero-order valence-electron chi connectivity index (χ0n) is 20.6. The molecule has 7 nitrogen and oxygen atoms in total. The standard InChI is InChI=1S/C26H30F2N6OS/c1-4-18-12-29-23(30-13-18)17(3)32-25(35)19-11-20(33-9-7-26(27,28)8-10-33)24-31-14-21(34(24)15-19)22-6-5-16(2)36-22/h5-6,11-12,14-15,17H,4,7-10,13H2,1-3H3,(H,29,30)(H,32,35). The summed E-state index contributed by atoms with van der Waals surface area (Å²) in [6, 6.07) is 5.52. The number of rotatable bonds is 6. The van der Waals surface area contributed by atoms with Crippen LogP contribution in [0.4, 0.5) is 14.5 Å². The molecule has 2 aliphatic heterocycles. The molecule has 36 heavy (non-hydrogen) atoms. The first-order valence-electron chi connectivity index (χ1n) is 12.2. The molecule has 3 aromatic rings. The molecule has 0 spiro atoms. The van der Waals surface area contributed by atoms with Crippen LogP contribution in [0, 0.1) is 6.92 Å². The first kappa shape index (κ1) is 24.4. The number of nitrogens with one attached hydrogen (secondary N) is 2. The van der Waals surface area contributed by atoms with E-state index in [0.717, 1.165) is 17.0 Å².